The van der Waals surface area contributed by atoms with Crippen LogP contribution in [-0.4, -0.2) is 103 Å². The predicted octanol–water partition coefficient (Wildman–Crippen LogP) is 3.29. The largest absolute Gasteiger partial charge is 0.480 e. The number of urea groups is 2. The van der Waals surface area contributed by atoms with E-state index in [1.54, 1.807) is 9.80 Å². The molecule has 0 atom stereocenters. The van der Waals surface area contributed by atoms with Crippen LogP contribution in [0.25, 0.3) is 0 Å². The zero-order chi connectivity index (χ0) is 30.5. The summed E-state index contributed by atoms with van der Waals surface area (Å²) < 4.78 is 16.0. The maximum absolute atomic E-state index is 12.8. The van der Waals surface area contributed by atoms with Gasteiger partial charge in [-0.15, -0.1) is 0 Å². The number of carboxylic acid groups (broad SMARTS) is 1. The summed E-state index contributed by atoms with van der Waals surface area (Å²) in [5.74, 6) is -1.23. The van der Waals surface area contributed by atoms with Gasteiger partial charge in [0.15, 0.2) is 0 Å². The number of carbonyl (C=O) groups is 4. The first kappa shape index (κ1) is 32.5. The molecule has 1 aromatic carbocycles. The molecule has 2 heterocycles. The highest BCUT2D eigenvalue weighted by Crippen LogP contribution is 2.31. The van der Waals surface area contributed by atoms with E-state index in [4.69, 9.17) is 14.2 Å². The lowest BCUT2D eigenvalue weighted by molar-refractivity contribution is -0.154. The highest BCUT2D eigenvalue weighted by atomic mass is 16.5. The highest BCUT2D eigenvalue weighted by Gasteiger charge is 2.44. The summed E-state index contributed by atoms with van der Waals surface area (Å²) in [4.78, 5) is 52.3. The fourth-order valence-corrected chi connectivity index (χ4v) is 6.04. The quantitative estimate of drug-likeness (QED) is 0.421. The van der Waals surface area contributed by atoms with E-state index in [1.165, 1.54) is 0 Å². The standard InChI is InChI=1S/C19H26N2O4.C12H20N2O4/c22-17(25-15-16-7-3-1-4-8-16)19(9-5-2-6-10-19)20-18(23)21-11-13-24-14-12-21;15-10(16)12(4-2-1-3-5-12)13-11(17)14-6-8-18-9-7-14/h1,3-4,7-8H,2,5-6,9-15H2,(H,20,23);1-9H2,(H,13,17)(H,15,16). The summed E-state index contributed by atoms with van der Waals surface area (Å²) >= 11 is 0. The van der Waals surface area contributed by atoms with Crippen molar-refractivity contribution in [2.45, 2.75) is 81.9 Å². The maximum Gasteiger partial charge on any atom is 0.332 e. The molecule has 4 amide bonds. The second-order valence-electron chi connectivity index (χ2n) is 11.7. The van der Waals surface area contributed by atoms with E-state index in [0.717, 1.165) is 44.1 Å². The van der Waals surface area contributed by atoms with Crippen molar-refractivity contribution < 1.29 is 38.5 Å². The van der Waals surface area contributed by atoms with E-state index in [9.17, 15) is 24.3 Å². The third-order valence-corrected chi connectivity index (χ3v) is 8.72. The van der Waals surface area contributed by atoms with Gasteiger partial charge < -0.3 is 39.8 Å². The normalized spacial score (nSPS) is 21.4. The number of carboxylic acids is 1. The molecule has 0 spiro atoms. The molecular formula is C31H46N4O8. The summed E-state index contributed by atoms with van der Waals surface area (Å²) in [6.07, 6.45) is 8.01. The first-order valence-corrected chi connectivity index (χ1v) is 15.6. The number of esters is 1. The van der Waals surface area contributed by atoms with Crippen LogP contribution in [0, 0.1) is 0 Å². The Labute approximate surface area is 253 Å². The summed E-state index contributed by atoms with van der Waals surface area (Å²) in [5, 5.41) is 15.1. The van der Waals surface area contributed by atoms with Crippen molar-refractivity contribution in [3.63, 3.8) is 0 Å². The van der Waals surface area contributed by atoms with Gasteiger partial charge in [0, 0.05) is 26.2 Å². The minimum Gasteiger partial charge on any atom is -0.480 e. The Kier molecular flexibility index (Phi) is 12.0. The second kappa shape index (κ2) is 15.9. The number of rotatable bonds is 6. The molecule has 2 aliphatic heterocycles. The van der Waals surface area contributed by atoms with E-state index in [0.29, 0.717) is 78.3 Å². The minimum absolute atomic E-state index is 0.193. The Morgan fingerprint density at radius 1 is 0.698 bits per heavy atom. The van der Waals surface area contributed by atoms with Crippen LogP contribution in [0.5, 0.6) is 0 Å². The summed E-state index contributed by atoms with van der Waals surface area (Å²) in [6, 6.07) is 9.14. The molecule has 4 fully saturated rings. The molecule has 12 heteroatoms. The topological polar surface area (TPSA) is 147 Å². The Morgan fingerprint density at radius 2 is 1.14 bits per heavy atom. The van der Waals surface area contributed by atoms with Gasteiger partial charge in [0.25, 0.3) is 0 Å². The number of nitrogens with one attached hydrogen (secondary N) is 2. The Balaban J connectivity index is 0.000000208. The van der Waals surface area contributed by atoms with Gasteiger partial charge >= 0.3 is 24.0 Å². The number of amides is 4. The van der Waals surface area contributed by atoms with Gasteiger partial charge in [0.05, 0.1) is 26.4 Å². The fourth-order valence-electron chi connectivity index (χ4n) is 6.04. The maximum atomic E-state index is 12.8. The Hall–Kier alpha value is -3.38. The fraction of sp³-hybridized carbons (Fsp3) is 0.677. The first-order valence-electron chi connectivity index (χ1n) is 15.6. The number of carbonyl (C=O) groups excluding carboxylic acids is 3. The van der Waals surface area contributed by atoms with Crippen molar-refractivity contribution in [3.05, 3.63) is 35.9 Å². The molecule has 2 aliphatic carbocycles. The van der Waals surface area contributed by atoms with E-state index < -0.39 is 17.0 Å². The predicted molar refractivity (Wildman–Crippen MR) is 157 cm³/mol. The number of hydrogen-bond acceptors (Lipinski definition) is 7. The smallest absolute Gasteiger partial charge is 0.332 e. The summed E-state index contributed by atoms with van der Waals surface area (Å²) in [5.41, 5.74) is -1.02. The number of aliphatic carboxylic acids is 1. The monoisotopic (exact) mass is 602 g/mol. The van der Waals surface area contributed by atoms with E-state index >= 15 is 0 Å². The number of hydrogen-bond donors (Lipinski definition) is 3. The molecule has 43 heavy (non-hydrogen) atoms. The average molecular weight is 603 g/mol. The Morgan fingerprint density at radius 3 is 1.60 bits per heavy atom. The number of ether oxygens (including phenoxy) is 3. The molecule has 3 N–H and O–H groups in total. The number of nitrogens with zero attached hydrogens (tertiary/aromatic N) is 2. The van der Waals surface area contributed by atoms with Crippen LogP contribution in [0.4, 0.5) is 9.59 Å². The van der Waals surface area contributed by atoms with Crippen molar-refractivity contribution in [2.24, 2.45) is 0 Å². The van der Waals surface area contributed by atoms with Gasteiger partial charge in [-0.25, -0.2) is 19.2 Å². The third-order valence-electron chi connectivity index (χ3n) is 8.72. The van der Waals surface area contributed by atoms with Crippen molar-refractivity contribution in [2.75, 3.05) is 52.6 Å². The van der Waals surface area contributed by atoms with Crippen LogP contribution in [0.15, 0.2) is 30.3 Å². The van der Waals surface area contributed by atoms with Crippen molar-refractivity contribution >= 4 is 24.0 Å². The van der Waals surface area contributed by atoms with Crippen LogP contribution in [-0.2, 0) is 30.4 Å². The van der Waals surface area contributed by atoms with Crippen molar-refractivity contribution in [1.82, 2.24) is 20.4 Å². The van der Waals surface area contributed by atoms with Crippen LogP contribution >= 0.6 is 0 Å². The minimum atomic E-state index is -1.06. The SMILES string of the molecule is O=C(NC1(C(=O)O)CCCCC1)N1CCOCC1.O=C(NC1(C(=O)OCc2ccccc2)CCCCC1)N1CCOCC1. The van der Waals surface area contributed by atoms with Crippen LogP contribution in [0.3, 0.4) is 0 Å². The highest BCUT2D eigenvalue weighted by molar-refractivity contribution is 5.88. The van der Waals surface area contributed by atoms with E-state index in [-0.39, 0.29) is 24.6 Å². The summed E-state index contributed by atoms with van der Waals surface area (Å²) in [7, 11) is 0. The van der Waals surface area contributed by atoms with Crippen LogP contribution in [0.2, 0.25) is 0 Å². The van der Waals surface area contributed by atoms with Gasteiger partial charge in [-0.1, -0.05) is 68.9 Å². The lowest BCUT2D eigenvalue weighted by atomic mass is 9.81. The lowest BCUT2D eigenvalue weighted by Crippen LogP contribution is -2.60. The van der Waals surface area contributed by atoms with E-state index in [1.807, 2.05) is 30.3 Å². The molecule has 0 unspecified atom stereocenters. The molecule has 0 radical (unpaired) electrons. The number of benzene rings is 1. The van der Waals surface area contributed by atoms with Gasteiger partial charge in [-0.3, -0.25) is 0 Å². The summed E-state index contributed by atoms with van der Waals surface area (Å²) in [6.45, 7) is 4.53. The third kappa shape index (κ3) is 9.06. The molecule has 2 saturated carbocycles. The molecular weight excluding hydrogens is 556 g/mol. The average Bonchev–Trinajstić information content (AvgIpc) is 3.06. The van der Waals surface area contributed by atoms with Crippen molar-refractivity contribution in [1.29, 1.82) is 0 Å². The van der Waals surface area contributed by atoms with Gasteiger partial charge in [-0.05, 0) is 31.2 Å². The molecule has 0 bridgehead atoms. The van der Waals surface area contributed by atoms with E-state index in [2.05, 4.69) is 10.6 Å². The van der Waals surface area contributed by atoms with Gasteiger partial charge in [0.2, 0.25) is 0 Å². The molecule has 1 aromatic rings. The van der Waals surface area contributed by atoms with Gasteiger partial charge in [0.1, 0.15) is 17.7 Å². The Bertz CT molecular complexity index is 1060. The second-order valence-corrected chi connectivity index (χ2v) is 11.7. The molecule has 238 valence electrons. The number of morpholine rings is 2. The molecule has 5 rings (SSSR count). The molecule has 12 nitrogen and oxygen atoms in total. The zero-order valence-electron chi connectivity index (χ0n) is 25.0. The van der Waals surface area contributed by atoms with Crippen LogP contribution < -0.4 is 10.6 Å². The molecule has 0 aromatic heterocycles. The zero-order valence-corrected chi connectivity index (χ0v) is 25.0. The van der Waals surface area contributed by atoms with Gasteiger partial charge in [-0.2, -0.15) is 0 Å². The first-order chi connectivity index (χ1) is 20.8. The lowest BCUT2D eigenvalue weighted by Gasteiger charge is -2.38. The molecule has 2 saturated heterocycles. The van der Waals surface area contributed by atoms with Crippen molar-refractivity contribution in [3.8, 4) is 0 Å². The van der Waals surface area contributed by atoms with Crippen LogP contribution in [0.1, 0.15) is 69.8 Å². The molecule has 4 aliphatic rings.